The highest BCUT2D eigenvalue weighted by Gasteiger charge is 2.03. The normalized spacial score (nSPS) is 11.0. The van der Waals surface area contributed by atoms with Crippen LogP contribution in [0.3, 0.4) is 0 Å². The van der Waals surface area contributed by atoms with E-state index in [0.29, 0.717) is 24.4 Å². The van der Waals surface area contributed by atoms with E-state index in [2.05, 4.69) is 37.9 Å². The molecule has 1 rings (SSSR count). The van der Waals surface area contributed by atoms with Crippen LogP contribution in [0, 0.1) is 5.92 Å². The molecule has 0 aliphatic rings. The number of unbranched alkanes of at least 4 members (excludes halogenated alkanes) is 2. The molecule has 0 spiro atoms. The molecule has 0 saturated heterocycles. The summed E-state index contributed by atoms with van der Waals surface area (Å²) in [5.74, 6) is 0.870. The zero-order valence-corrected chi connectivity index (χ0v) is 13.6. The van der Waals surface area contributed by atoms with Gasteiger partial charge in [0.1, 0.15) is 5.75 Å². The molecule has 22 heavy (non-hydrogen) atoms. The number of benzene rings is 1. The number of phenolic OH excluding ortho intramolecular Hbond substituents is 1. The first-order valence-electron chi connectivity index (χ1n) is 7.90. The first-order chi connectivity index (χ1) is 10.5. The number of hydrogen-bond donors (Lipinski definition) is 2. The van der Waals surface area contributed by atoms with Gasteiger partial charge in [-0.2, -0.15) is 0 Å². The Morgan fingerprint density at radius 1 is 1.36 bits per heavy atom. The highest BCUT2D eigenvalue weighted by Crippen LogP contribution is 2.19. The Morgan fingerprint density at radius 2 is 2.14 bits per heavy atom. The Kier molecular flexibility index (Phi) is 8.05. The van der Waals surface area contributed by atoms with Gasteiger partial charge in [-0.1, -0.05) is 44.7 Å². The van der Waals surface area contributed by atoms with Gasteiger partial charge in [-0.05, 0) is 42.9 Å². The molecular weight excluding hydrogens is 274 g/mol. The van der Waals surface area contributed by atoms with Crippen molar-refractivity contribution in [3.63, 3.8) is 0 Å². The Balaban J connectivity index is 2.24. The van der Waals surface area contributed by atoms with E-state index in [0.717, 1.165) is 24.8 Å². The number of rotatable bonds is 9. The van der Waals surface area contributed by atoms with Gasteiger partial charge >= 0.3 is 0 Å². The minimum atomic E-state index is 0.0704. The van der Waals surface area contributed by atoms with Crippen LogP contribution in [0.15, 0.2) is 36.9 Å². The quantitative estimate of drug-likeness (QED) is 0.524. The lowest BCUT2D eigenvalue weighted by Crippen LogP contribution is -2.22. The summed E-state index contributed by atoms with van der Waals surface area (Å²) in [6.45, 7) is 8.45. The summed E-state index contributed by atoms with van der Waals surface area (Å²) in [6.07, 6.45) is 9.52. The van der Waals surface area contributed by atoms with Crippen molar-refractivity contribution in [3.05, 3.63) is 48.1 Å². The first kappa shape index (κ1) is 18.0. The van der Waals surface area contributed by atoms with E-state index in [1.165, 1.54) is 0 Å². The smallest absolute Gasteiger partial charge is 0.220 e. The van der Waals surface area contributed by atoms with Crippen LogP contribution < -0.4 is 5.32 Å². The number of allylic oxidation sites excluding steroid dienone is 2. The highest BCUT2D eigenvalue weighted by molar-refractivity contribution is 5.75. The van der Waals surface area contributed by atoms with Crippen LogP contribution in [0.25, 0.3) is 6.08 Å². The monoisotopic (exact) mass is 301 g/mol. The lowest BCUT2D eigenvalue weighted by atomic mass is 10.1. The Morgan fingerprint density at radius 3 is 2.82 bits per heavy atom. The molecule has 0 atom stereocenters. The number of hydrogen-bond acceptors (Lipinski definition) is 2. The van der Waals surface area contributed by atoms with Gasteiger partial charge in [-0.15, -0.1) is 0 Å². The fraction of sp³-hybridized carbons (Fsp3) is 0.421. The van der Waals surface area contributed by atoms with Crippen molar-refractivity contribution in [2.45, 2.75) is 46.1 Å². The van der Waals surface area contributed by atoms with E-state index in [1.54, 1.807) is 18.2 Å². The van der Waals surface area contributed by atoms with Crippen molar-refractivity contribution in [2.24, 2.45) is 5.92 Å². The molecular formula is C19H27NO2. The summed E-state index contributed by atoms with van der Waals surface area (Å²) in [5, 5.41) is 12.5. The minimum absolute atomic E-state index is 0.0704. The maximum atomic E-state index is 11.8. The lowest BCUT2D eigenvalue weighted by Gasteiger charge is -2.07. The molecule has 3 heteroatoms. The van der Waals surface area contributed by atoms with Gasteiger partial charge in [-0.25, -0.2) is 0 Å². The molecule has 3 nitrogen and oxygen atoms in total. The molecule has 120 valence electrons. The summed E-state index contributed by atoms with van der Waals surface area (Å²) >= 11 is 0. The third kappa shape index (κ3) is 7.11. The fourth-order valence-corrected chi connectivity index (χ4v) is 2.08. The van der Waals surface area contributed by atoms with Gasteiger partial charge in [0.05, 0.1) is 0 Å². The van der Waals surface area contributed by atoms with Crippen LogP contribution in [0.1, 0.15) is 50.7 Å². The number of nitrogens with one attached hydrogen (secondary N) is 1. The van der Waals surface area contributed by atoms with Crippen LogP contribution >= 0.6 is 0 Å². The fourth-order valence-electron chi connectivity index (χ4n) is 2.08. The van der Waals surface area contributed by atoms with Gasteiger partial charge < -0.3 is 10.4 Å². The second-order valence-electron chi connectivity index (χ2n) is 5.79. The van der Waals surface area contributed by atoms with Crippen molar-refractivity contribution in [1.29, 1.82) is 0 Å². The summed E-state index contributed by atoms with van der Waals surface area (Å²) in [5.41, 5.74) is 1.64. The summed E-state index contributed by atoms with van der Waals surface area (Å²) in [6, 6.07) is 5.26. The predicted molar refractivity (Wildman–Crippen MR) is 92.5 cm³/mol. The van der Waals surface area contributed by atoms with E-state index in [1.807, 2.05) is 6.07 Å². The molecule has 0 fully saturated rings. The van der Waals surface area contributed by atoms with Crippen molar-refractivity contribution in [1.82, 2.24) is 5.32 Å². The second-order valence-corrected chi connectivity index (χ2v) is 5.79. The molecule has 0 unspecified atom stereocenters. The van der Waals surface area contributed by atoms with Gasteiger partial charge in [-0.3, -0.25) is 4.79 Å². The van der Waals surface area contributed by atoms with E-state index in [4.69, 9.17) is 0 Å². The van der Waals surface area contributed by atoms with Gasteiger partial charge in [0.25, 0.3) is 0 Å². The maximum absolute atomic E-state index is 11.8. The molecule has 0 heterocycles. The van der Waals surface area contributed by atoms with Gasteiger partial charge in [0, 0.05) is 18.5 Å². The Hall–Kier alpha value is -2.03. The first-order valence-corrected chi connectivity index (χ1v) is 7.90. The molecule has 0 aromatic heterocycles. The minimum Gasteiger partial charge on any atom is -0.507 e. The molecule has 1 amide bonds. The van der Waals surface area contributed by atoms with Crippen LogP contribution in [-0.4, -0.2) is 11.0 Å². The Bertz CT molecular complexity index is 518. The third-order valence-electron chi connectivity index (χ3n) is 3.35. The SMILES string of the molecule is C=Cc1cc(CNC(=O)CCCCC=CC(C)C)ccc1O. The lowest BCUT2D eigenvalue weighted by molar-refractivity contribution is -0.121. The van der Waals surface area contributed by atoms with E-state index in [-0.39, 0.29) is 11.7 Å². The summed E-state index contributed by atoms with van der Waals surface area (Å²) in [7, 11) is 0. The molecule has 1 aromatic carbocycles. The number of carbonyl (C=O) groups excluding carboxylic acids is 1. The molecule has 0 radical (unpaired) electrons. The third-order valence-corrected chi connectivity index (χ3v) is 3.35. The Labute approximate surface area is 133 Å². The summed E-state index contributed by atoms with van der Waals surface area (Å²) < 4.78 is 0. The number of phenols is 1. The molecule has 2 N–H and O–H groups in total. The zero-order chi connectivity index (χ0) is 16.4. The van der Waals surface area contributed by atoms with Crippen molar-refractivity contribution in [2.75, 3.05) is 0 Å². The number of aromatic hydroxyl groups is 1. The van der Waals surface area contributed by atoms with Crippen molar-refractivity contribution in [3.8, 4) is 5.75 Å². The average molecular weight is 301 g/mol. The van der Waals surface area contributed by atoms with Crippen LogP contribution in [0.5, 0.6) is 5.75 Å². The maximum Gasteiger partial charge on any atom is 0.220 e. The van der Waals surface area contributed by atoms with E-state index < -0.39 is 0 Å². The average Bonchev–Trinajstić information content (AvgIpc) is 2.49. The summed E-state index contributed by atoms with van der Waals surface area (Å²) in [4.78, 5) is 11.8. The van der Waals surface area contributed by atoms with E-state index in [9.17, 15) is 9.90 Å². The molecule has 1 aromatic rings. The van der Waals surface area contributed by atoms with Gasteiger partial charge in [0.15, 0.2) is 0 Å². The topological polar surface area (TPSA) is 49.3 Å². The standard InChI is InChI=1S/C19H27NO2/c1-4-17-13-16(11-12-18(17)21)14-20-19(22)10-8-6-5-7-9-15(2)3/h4,7,9,11-13,15,21H,1,5-6,8,10,14H2,2-3H3,(H,20,22). The number of carbonyl (C=O) groups is 1. The molecule has 0 saturated carbocycles. The second kappa shape index (κ2) is 9.82. The van der Waals surface area contributed by atoms with Crippen LogP contribution in [-0.2, 0) is 11.3 Å². The van der Waals surface area contributed by atoms with Crippen LogP contribution in [0.4, 0.5) is 0 Å². The van der Waals surface area contributed by atoms with Crippen molar-refractivity contribution >= 4 is 12.0 Å². The highest BCUT2D eigenvalue weighted by atomic mass is 16.3. The molecule has 0 aliphatic carbocycles. The zero-order valence-electron chi connectivity index (χ0n) is 13.6. The van der Waals surface area contributed by atoms with Crippen LogP contribution in [0.2, 0.25) is 0 Å². The largest absolute Gasteiger partial charge is 0.507 e. The van der Waals surface area contributed by atoms with E-state index >= 15 is 0 Å². The van der Waals surface area contributed by atoms with Gasteiger partial charge in [0.2, 0.25) is 5.91 Å². The number of amides is 1. The van der Waals surface area contributed by atoms with Crippen molar-refractivity contribution < 1.29 is 9.90 Å². The molecule has 0 bridgehead atoms. The molecule has 0 aliphatic heterocycles. The predicted octanol–water partition coefficient (Wildman–Crippen LogP) is 4.42.